The molecule has 0 saturated carbocycles. The summed E-state index contributed by atoms with van der Waals surface area (Å²) < 4.78 is 14.0. The van der Waals surface area contributed by atoms with E-state index in [0.29, 0.717) is 29.9 Å². The minimum Gasteiger partial charge on any atom is -0.368 e. The number of benzene rings is 3. The molecule has 0 aliphatic rings. The summed E-state index contributed by atoms with van der Waals surface area (Å²) in [7, 11) is 0. The summed E-state index contributed by atoms with van der Waals surface area (Å²) >= 11 is 0. The Kier molecular flexibility index (Phi) is 4.48. The Bertz CT molecular complexity index is 1360. The van der Waals surface area contributed by atoms with Crippen molar-refractivity contribution < 1.29 is 4.39 Å². The highest BCUT2D eigenvalue weighted by Gasteiger charge is 2.12. The third-order valence-corrected chi connectivity index (χ3v) is 5.11. The van der Waals surface area contributed by atoms with Gasteiger partial charge in [-0.3, -0.25) is 0 Å². The number of rotatable bonds is 5. The van der Waals surface area contributed by atoms with Gasteiger partial charge in [0.25, 0.3) is 0 Å². The number of nitrogens with one attached hydrogen (secondary N) is 2. The number of H-pyrrole nitrogens is 1. The topological polar surface area (TPSA) is 92.5 Å². The van der Waals surface area contributed by atoms with Crippen molar-refractivity contribution >= 4 is 33.7 Å². The van der Waals surface area contributed by atoms with Crippen LogP contribution in [-0.4, -0.2) is 26.5 Å². The number of anilines is 2. The molecule has 5 aromatic rings. The summed E-state index contributed by atoms with van der Waals surface area (Å²) in [5, 5.41) is 5.53. The molecule has 2 heterocycles. The van der Waals surface area contributed by atoms with E-state index in [1.54, 1.807) is 18.5 Å². The van der Waals surface area contributed by atoms with Crippen molar-refractivity contribution in [3.63, 3.8) is 0 Å². The molecule has 0 unspecified atom stereocenters. The van der Waals surface area contributed by atoms with Crippen molar-refractivity contribution in [3.05, 3.63) is 78.4 Å². The quantitative estimate of drug-likeness (QED) is 0.404. The number of nitrogens with zero attached hydrogens (tertiary/aromatic N) is 3. The summed E-state index contributed by atoms with van der Waals surface area (Å²) in [4.78, 5) is 15.6. The number of nitrogen functional groups attached to an aromatic ring is 1. The molecule has 0 saturated heterocycles. The van der Waals surface area contributed by atoms with Crippen LogP contribution in [0, 0.1) is 5.82 Å². The van der Waals surface area contributed by atoms with E-state index in [2.05, 4.69) is 49.5 Å². The third kappa shape index (κ3) is 3.30. The van der Waals surface area contributed by atoms with E-state index < -0.39 is 0 Å². The largest absolute Gasteiger partial charge is 0.368 e. The van der Waals surface area contributed by atoms with Gasteiger partial charge in [0, 0.05) is 6.54 Å². The van der Waals surface area contributed by atoms with Gasteiger partial charge >= 0.3 is 0 Å². The standard InChI is InChI=1S/C23H19FN6/c24-17-6-3-5-16(12-17)19-15(9-8-14-4-1-2-7-18(14)19)10-11-26-21-20-22(28-13-27-20)30-23(25)29-21/h1-9,12-13H,10-11H2,(H4,25,26,27,28,29,30). The zero-order valence-corrected chi connectivity index (χ0v) is 16.1. The summed E-state index contributed by atoms with van der Waals surface area (Å²) in [5.74, 6) is 0.522. The van der Waals surface area contributed by atoms with E-state index in [1.165, 1.54) is 6.07 Å². The van der Waals surface area contributed by atoms with E-state index in [-0.39, 0.29) is 11.8 Å². The molecule has 0 amide bonds. The van der Waals surface area contributed by atoms with Gasteiger partial charge in [-0.05, 0) is 46.0 Å². The molecule has 3 aromatic carbocycles. The van der Waals surface area contributed by atoms with E-state index in [1.807, 2.05) is 18.2 Å². The Morgan fingerprint density at radius 2 is 1.90 bits per heavy atom. The lowest BCUT2D eigenvalue weighted by molar-refractivity contribution is 0.628. The molecule has 0 atom stereocenters. The second-order valence-electron chi connectivity index (χ2n) is 7.04. The van der Waals surface area contributed by atoms with Crippen molar-refractivity contribution in [1.29, 1.82) is 0 Å². The molecular formula is C23H19FN6. The maximum Gasteiger partial charge on any atom is 0.224 e. The zero-order chi connectivity index (χ0) is 20.5. The summed E-state index contributed by atoms with van der Waals surface area (Å²) in [6, 6.07) is 19.1. The SMILES string of the molecule is Nc1nc(NCCc2ccc3ccccc3c2-c2cccc(F)c2)c2nc[nH]c2n1. The average Bonchev–Trinajstić information content (AvgIpc) is 3.22. The lowest BCUT2D eigenvalue weighted by atomic mass is 9.92. The Morgan fingerprint density at radius 1 is 1.00 bits per heavy atom. The van der Waals surface area contributed by atoms with Crippen LogP contribution in [0.4, 0.5) is 16.2 Å². The summed E-state index contributed by atoms with van der Waals surface area (Å²) in [6.07, 6.45) is 2.28. The van der Waals surface area contributed by atoms with Crippen LogP contribution in [0.2, 0.25) is 0 Å². The number of aromatic amines is 1. The molecule has 30 heavy (non-hydrogen) atoms. The highest BCUT2D eigenvalue weighted by molar-refractivity contribution is 5.98. The van der Waals surface area contributed by atoms with Crippen molar-refractivity contribution in [2.24, 2.45) is 0 Å². The number of hydrogen-bond donors (Lipinski definition) is 3. The lowest BCUT2D eigenvalue weighted by Gasteiger charge is -2.15. The first-order valence-corrected chi connectivity index (χ1v) is 9.66. The molecule has 2 aromatic heterocycles. The van der Waals surface area contributed by atoms with Crippen molar-refractivity contribution in [3.8, 4) is 11.1 Å². The molecule has 0 bridgehead atoms. The van der Waals surface area contributed by atoms with Gasteiger partial charge in [-0.25, -0.2) is 9.37 Å². The Morgan fingerprint density at radius 3 is 2.80 bits per heavy atom. The smallest absolute Gasteiger partial charge is 0.224 e. The molecule has 4 N–H and O–H groups in total. The molecule has 0 fully saturated rings. The molecule has 0 aliphatic heterocycles. The van der Waals surface area contributed by atoms with Gasteiger partial charge in [-0.1, -0.05) is 48.5 Å². The Hall–Kier alpha value is -4.00. The van der Waals surface area contributed by atoms with Crippen LogP contribution >= 0.6 is 0 Å². The monoisotopic (exact) mass is 398 g/mol. The highest BCUT2D eigenvalue weighted by atomic mass is 19.1. The van der Waals surface area contributed by atoms with Gasteiger partial charge in [0.2, 0.25) is 5.95 Å². The van der Waals surface area contributed by atoms with E-state index >= 15 is 0 Å². The van der Waals surface area contributed by atoms with Crippen LogP contribution in [0.1, 0.15) is 5.56 Å². The zero-order valence-electron chi connectivity index (χ0n) is 16.1. The fourth-order valence-corrected chi connectivity index (χ4v) is 3.80. The van der Waals surface area contributed by atoms with Crippen LogP contribution in [0.25, 0.3) is 33.1 Å². The number of imidazole rings is 1. The molecule has 5 rings (SSSR count). The van der Waals surface area contributed by atoms with Crippen LogP contribution in [0.3, 0.4) is 0 Å². The van der Waals surface area contributed by atoms with Gasteiger partial charge in [0.05, 0.1) is 6.33 Å². The van der Waals surface area contributed by atoms with E-state index in [4.69, 9.17) is 5.73 Å². The molecule has 0 radical (unpaired) electrons. The first kappa shape index (κ1) is 18.1. The fraction of sp³-hybridized carbons (Fsp3) is 0.0870. The number of nitrogens with two attached hydrogens (primary N) is 1. The van der Waals surface area contributed by atoms with Crippen molar-refractivity contribution in [1.82, 2.24) is 19.9 Å². The van der Waals surface area contributed by atoms with Gasteiger partial charge < -0.3 is 16.0 Å². The maximum atomic E-state index is 14.0. The number of hydrogen-bond acceptors (Lipinski definition) is 5. The number of fused-ring (bicyclic) bond motifs is 2. The van der Waals surface area contributed by atoms with Crippen LogP contribution in [0.15, 0.2) is 67.0 Å². The van der Waals surface area contributed by atoms with Crippen molar-refractivity contribution in [2.45, 2.75) is 6.42 Å². The predicted molar refractivity (Wildman–Crippen MR) is 118 cm³/mol. The summed E-state index contributed by atoms with van der Waals surface area (Å²) in [5.41, 5.74) is 10.1. The molecule has 6 nitrogen and oxygen atoms in total. The fourth-order valence-electron chi connectivity index (χ4n) is 3.80. The average molecular weight is 398 g/mol. The number of aromatic nitrogens is 4. The van der Waals surface area contributed by atoms with Crippen molar-refractivity contribution in [2.75, 3.05) is 17.6 Å². The first-order valence-electron chi connectivity index (χ1n) is 9.66. The predicted octanol–water partition coefficient (Wildman–Crippen LogP) is 4.55. The summed E-state index contributed by atoms with van der Waals surface area (Å²) in [6.45, 7) is 0.610. The van der Waals surface area contributed by atoms with Gasteiger partial charge in [0.1, 0.15) is 11.3 Å². The van der Waals surface area contributed by atoms with Crippen LogP contribution < -0.4 is 11.1 Å². The second kappa shape index (κ2) is 7.44. The molecule has 0 spiro atoms. The Labute approximate surface area is 172 Å². The lowest BCUT2D eigenvalue weighted by Crippen LogP contribution is -2.09. The molecular weight excluding hydrogens is 379 g/mol. The minimum absolute atomic E-state index is 0.181. The van der Waals surface area contributed by atoms with E-state index in [9.17, 15) is 4.39 Å². The number of halogens is 1. The molecule has 7 heteroatoms. The Balaban J connectivity index is 1.50. The van der Waals surface area contributed by atoms with Crippen LogP contribution in [0.5, 0.6) is 0 Å². The second-order valence-corrected chi connectivity index (χ2v) is 7.04. The van der Waals surface area contributed by atoms with Gasteiger partial charge in [-0.15, -0.1) is 0 Å². The normalized spacial score (nSPS) is 11.2. The van der Waals surface area contributed by atoms with E-state index in [0.717, 1.165) is 27.5 Å². The highest BCUT2D eigenvalue weighted by Crippen LogP contribution is 2.33. The van der Waals surface area contributed by atoms with Gasteiger partial charge in [-0.2, -0.15) is 9.97 Å². The molecule has 148 valence electrons. The minimum atomic E-state index is -0.248. The van der Waals surface area contributed by atoms with Crippen LogP contribution in [-0.2, 0) is 6.42 Å². The molecule has 0 aliphatic carbocycles. The van der Waals surface area contributed by atoms with Gasteiger partial charge in [0.15, 0.2) is 11.5 Å². The first-order chi connectivity index (χ1) is 14.7. The maximum absolute atomic E-state index is 14.0. The third-order valence-electron chi connectivity index (χ3n) is 5.11.